The van der Waals surface area contributed by atoms with Gasteiger partial charge in [0.1, 0.15) is 0 Å². The molecule has 2 nitrogen and oxygen atoms in total. The van der Waals surface area contributed by atoms with Gasteiger partial charge < -0.3 is 0 Å². The molecule has 160 valence electrons. The summed E-state index contributed by atoms with van der Waals surface area (Å²) in [5.74, 6) is 0. The summed E-state index contributed by atoms with van der Waals surface area (Å²) in [6.45, 7) is 13.2. The second kappa shape index (κ2) is 12.1. The van der Waals surface area contributed by atoms with Crippen molar-refractivity contribution in [3.05, 3.63) is 32.1 Å². The van der Waals surface area contributed by atoms with Crippen LogP contribution in [0.25, 0.3) is 0 Å². The topological polar surface area (TPSA) is 18.5 Å². The molecule has 2 rings (SSSR count). The van der Waals surface area contributed by atoms with Crippen molar-refractivity contribution >= 4 is 29.7 Å². The summed E-state index contributed by atoms with van der Waals surface area (Å²) in [7, 11) is 0. The van der Waals surface area contributed by atoms with Crippen molar-refractivity contribution < 1.29 is 9.47 Å². The van der Waals surface area contributed by atoms with Crippen LogP contribution in [0.1, 0.15) is 89.9 Å². The summed E-state index contributed by atoms with van der Waals surface area (Å²) >= 11 is -0.471. The molecule has 0 bridgehead atoms. The molecule has 0 radical (unpaired) electrons. The van der Waals surface area contributed by atoms with Crippen LogP contribution in [0.3, 0.4) is 0 Å². The molecule has 0 aliphatic carbocycles. The molecule has 1 aromatic rings. The van der Waals surface area contributed by atoms with E-state index < -0.39 is 18.4 Å². The van der Waals surface area contributed by atoms with Crippen LogP contribution in [-0.2, 0) is 14.9 Å². The molecule has 1 aliphatic heterocycles. The average Bonchev–Trinajstić information content (AvgIpc) is 3.38. The van der Waals surface area contributed by atoms with Gasteiger partial charge in [0.15, 0.2) is 0 Å². The summed E-state index contributed by atoms with van der Waals surface area (Å²) in [5, 5.41) is 2.20. The van der Waals surface area contributed by atoms with E-state index in [-0.39, 0.29) is 11.7 Å². The summed E-state index contributed by atoms with van der Waals surface area (Å²) in [5.41, 5.74) is 1.43. The van der Waals surface area contributed by atoms with E-state index in [1.807, 2.05) is 0 Å². The first kappa shape index (κ1) is 24.4. The van der Waals surface area contributed by atoms with Crippen LogP contribution in [-0.4, -0.2) is 31.6 Å². The van der Waals surface area contributed by atoms with Crippen LogP contribution in [0.2, 0.25) is 13.3 Å². The molecule has 0 aromatic carbocycles. The fourth-order valence-electron chi connectivity index (χ4n) is 4.23. The average molecular weight is 513 g/mol. The molecular weight excluding hydrogens is 471 g/mol. The summed E-state index contributed by atoms with van der Waals surface area (Å²) in [6, 6.07) is 2.29. The van der Waals surface area contributed by atoms with Gasteiger partial charge >= 0.3 is 183 Å². The Labute approximate surface area is 182 Å². The van der Waals surface area contributed by atoms with Gasteiger partial charge in [0.05, 0.1) is 0 Å². The van der Waals surface area contributed by atoms with Gasteiger partial charge in [-0.1, -0.05) is 0 Å². The molecular formula is C24H42O2SSn. The zero-order chi connectivity index (χ0) is 20.5. The third kappa shape index (κ3) is 6.85. The summed E-state index contributed by atoms with van der Waals surface area (Å²) in [4.78, 5) is 1.27. The maximum atomic E-state index is 5.82. The van der Waals surface area contributed by atoms with Crippen molar-refractivity contribution in [3.63, 3.8) is 0 Å². The molecule has 0 saturated carbocycles. The quantitative estimate of drug-likeness (QED) is 0.249. The number of unbranched alkanes of at least 4 members (excludes halogenated alkanes) is 3. The molecule has 0 N–H and O–H groups in total. The Hall–Kier alpha value is 0.159. The zero-order valence-electron chi connectivity index (χ0n) is 18.9. The summed E-state index contributed by atoms with van der Waals surface area (Å²) < 4.78 is 19.0. The summed E-state index contributed by atoms with van der Waals surface area (Å²) in [6.07, 6.45) is 10.7. The van der Waals surface area contributed by atoms with Gasteiger partial charge in [-0.2, -0.15) is 0 Å². The van der Waals surface area contributed by atoms with E-state index >= 15 is 0 Å². The Morgan fingerprint density at radius 2 is 1.54 bits per heavy atom. The minimum absolute atomic E-state index is 0.0391. The van der Waals surface area contributed by atoms with Gasteiger partial charge in [-0.3, -0.25) is 0 Å². The molecule has 2 heterocycles. The van der Waals surface area contributed by atoms with E-state index in [1.54, 1.807) is 11.3 Å². The molecule has 0 amide bonds. The second-order valence-corrected chi connectivity index (χ2v) is 23.0. The molecule has 1 aromatic heterocycles. The Kier molecular flexibility index (Phi) is 10.6. The van der Waals surface area contributed by atoms with Gasteiger partial charge in [0, 0.05) is 0 Å². The predicted molar refractivity (Wildman–Crippen MR) is 126 cm³/mol. The number of hydrogen-bond donors (Lipinski definition) is 0. The molecule has 1 fully saturated rings. The standard InChI is InChI=1S/C12H15O2S.3C4H9.Sn/c1-4-12(2,3)9-5-8-15-10(9)11-13-6-7-14-11;3*1-3-4-2;/h1,4-5,8,11H,6-7H2,2-3H3;3*1,3-4H2,2H3;. The van der Waals surface area contributed by atoms with Crippen LogP contribution in [0.4, 0.5) is 0 Å². The van der Waals surface area contributed by atoms with Crippen LogP contribution in [0, 0.1) is 0 Å². The molecule has 0 atom stereocenters. The molecule has 0 spiro atoms. The number of allylic oxidation sites excluding steroid dienone is 1. The van der Waals surface area contributed by atoms with E-state index in [1.165, 1.54) is 62.3 Å². The first-order valence-electron chi connectivity index (χ1n) is 11.5. The van der Waals surface area contributed by atoms with E-state index in [0.29, 0.717) is 13.2 Å². The number of hydrogen-bond acceptors (Lipinski definition) is 3. The second-order valence-electron chi connectivity index (χ2n) is 9.00. The fraction of sp³-hybridized carbons (Fsp3) is 0.750. The van der Waals surface area contributed by atoms with Crippen molar-refractivity contribution in [1.82, 2.24) is 0 Å². The Morgan fingerprint density at radius 1 is 1.00 bits per heavy atom. The van der Waals surface area contributed by atoms with Crippen molar-refractivity contribution in [2.45, 2.75) is 98.2 Å². The van der Waals surface area contributed by atoms with Crippen LogP contribution < -0.4 is 0 Å². The molecule has 0 unspecified atom stereocenters. The van der Waals surface area contributed by atoms with E-state index in [9.17, 15) is 0 Å². The first-order valence-corrected chi connectivity index (χ1v) is 20.1. The van der Waals surface area contributed by atoms with Crippen molar-refractivity contribution in [3.8, 4) is 0 Å². The Morgan fingerprint density at radius 3 is 2.04 bits per heavy atom. The van der Waals surface area contributed by atoms with E-state index in [0.717, 1.165) is 0 Å². The number of ether oxygens (including phenoxy) is 2. The van der Waals surface area contributed by atoms with Gasteiger partial charge in [-0.25, -0.2) is 0 Å². The van der Waals surface area contributed by atoms with Gasteiger partial charge in [0.25, 0.3) is 0 Å². The zero-order valence-corrected chi connectivity index (χ0v) is 22.6. The Balaban J connectivity index is 2.25. The van der Waals surface area contributed by atoms with Crippen molar-refractivity contribution in [2.24, 2.45) is 0 Å². The fourth-order valence-corrected chi connectivity index (χ4v) is 20.1. The van der Waals surface area contributed by atoms with Crippen molar-refractivity contribution in [2.75, 3.05) is 13.2 Å². The van der Waals surface area contributed by atoms with Gasteiger partial charge in [-0.05, 0) is 0 Å². The predicted octanol–water partition coefficient (Wildman–Crippen LogP) is 8.02. The van der Waals surface area contributed by atoms with Crippen molar-refractivity contribution in [1.29, 1.82) is 0 Å². The third-order valence-electron chi connectivity index (χ3n) is 6.16. The Bertz CT molecular complexity index is 565. The molecule has 1 saturated heterocycles. The third-order valence-corrected chi connectivity index (χ3v) is 21.1. The molecule has 4 heteroatoms. The monoisotopic (exact) mass is 514 g/mol. The number of rotatable bonds is 13. The van der Waals surface area contributed by atoms with Crippen LogP contribution >= 0.6 is 11.3 Å². The van der Waals surface area contributed by atoms with Gasteiger partial charge in [0.2, 0.25) is 0 Å². The normalized spacial score (nSPS) is 16.5. The van der Waals surface area contributed by atoms with E-state index in [2.05, 4.69) is 56.2 Å². The van der Waals surface area contributed by atoms with Gasteiger partial charge in [-0.15, -0.1) is 0 Å². The first-order chi connectivity index (χ1) is 13.5. The van der Waals surface area contributed by atoms with Crippen LogP contribution in [0.5, 0.6) is 0 Å². The van der Waals surface area contributed by atoms with Crippen LogP contribution in [0.15, 0.2) is 21.6 Å². The molecule has 1 aliphatic rings. The van der Waals surface area contributed by atoms with E-state index in [4.69, 9.17) is 9.47 Å². The SMILES string of the molecule is CCC[CH2][Sn]([CH]=CC(C)(C)c1ccsc1C1OCCO1)([CH2]CCC)[CH2]CCC. The maximum absolute atomic E-state index is 5.82. The molecule has 28 heavy (non-hydrogen) atoms. The minimum atomic E-state index is -2.25. The number of thiophene rings is 1.